The summed E-state index contributed by atoms with van der Waals surface area (Å²) in [7, 11) is 0. The summed E-state index contributed by atoms with van der Waals surface area (Å²) >= 11 is 12.0. The van der Waals surface area contributed by atoms with E-state index >= 15 is 0 Å². The minimum atomic E-state index is 0.131. The second kappa shape index (κ2) is 4.75. The second-order valence-electron chi connectivity index (χ2n) is 4.42. The van der Waals surface area contributed by atoms with Gasteiger partial charge in [0.2, 0.25) is 0 Å². The molecule has 17 heavy (non-hydrogen) atoms. The molecule has 1 aromatic rings. The van der Waals surface area contributed by atoms with Gasteiger partial charge in [-0.05, 0) is 37.6 Å². The van der Waals surface area contributed by atoms with Gasteiger partial charge in [0.05, 0.1) is 12.6 Å². The second-order valence-corrected chi connectivity index (χ2v) is 5.29. The summed E-state index contributed by atoms with van der Waals surface area (Å²) in [5.41, 5.74) is 6.95. The summed E-state index contributed by atoms with van der Waals surface area (Å²) in [4.78, 5) is 6.38. The van der Waals surface area contributed by atoms with E-state index < -0.39 is 0 Å². The number of hydrogen-bond donors (Lipinski definition) is 1. The summed E-state index contributed by atoms with van der Waals surface area (Å²) in [5.74, 6) is 0.584. The Bertz CT molecular complexity index is 437. The van der Waals surface area contributed by atoms with Crippen molar-refractivity contribution in [1.82, 2.24) is 4.90 Å². The molecule has 0 aliphatic carbocycles. The van der Waals surface area contributed by atoms with E-state index in [-0.39, 0.29) is 6.04 Å². The standard InChI is InChI=1S/C12H15Cl2N3/c1-7(2)17-11(6-16-12(17)15)8-3-9(13)5-10(14)4-8/h3-5,7,11H,6H2,1-2H3,(H2,15,16). The van der Waals surface area contributed by atoms with Crippen molar-refractivity contribution < 1.29 is 0 Å². The molecule has 0 saturated heterocycles. The lowest BCUT2D eigenvalue weighted by Crippen LogP contribution is -2.40. The molecule has 0 radical (unpaired) electrons. The molecular formula is C12H15Cl2N3. The van der Waals surface area contributed by atoms with Crippen LogP contribution in [0.1, 0.15) is 25.5 Å². The van der Waals surface area contributed by atoms with E-state index in [9.17, 15) is 0 Å². The maximum atomic E-state index is 6.02. The molecule has 1 atom stereocenters. The van der Waals surface area contributed by atoms with E-state index in [1.807, 2.05) is 12.1 Å². The maximum absolute atomic E-state index is 6.02. The van der Waals surface area contributed by atoms with E-state index in [1.165, 1.54) is 0 Å². The van der Waals surface area contributed by atoms with Crippen molar-refractivity contribution >= 4 is 29.2 Å². The third-order valence-electron chi connectivity index (χ3n) is 2.85. The molecule has 1 unspecified atom stereocenters. The van der Waals surface area contributed by atoms with Gasteiger partial charge in [-0.2, -0.15) is 0 Å². The van der Waals surface area contributed by atoms with E-state index in [1.54, 1.807) is 6.07 Å². The Kier molecular flexibility index (Phi) is 3.50. The van der Waals surface area contributed by atoms with Crippen molar-refractivity contribution in [2.24, 2.45) is 10.7 Å². The maximum Gasteiger partial charge on any atom is 0.192 e. The third kappa shape index (κ3) is 2.50. The van der Waals surface area contributed by atoms with Gasteiger partial charge < -0.3 is 10.6 Å². The Hall–Kier alpha value is -0.930. The normalized spacial score (nSPS) is 19.9. The number of hydrogen-bond acceptors (Lipinski definition) is 3. The van der Waals surface area contributed by atoms with Gasteiger partial charge in [-0.3, -0.25) is 4.99 Å². The van der Waals surface area contributed by atoms with E-state index in [4.69, 9.17) is 28.9 Å². The van der Waals surface area contributed by atoms with Gasteiger partial charge in [0, 0.05) is 16.1 Å². The molecule has 1 aliphatic rings. The van der Waals surface area contributed by atoms with Crippen LogP contribution < -0.4 is 5.73 Å². The zero-order valence-electron chi connectivity index (χ0n) is 9.82. The van der Waals surface area contributed by atoms with E-state index in [0.717, 1.165) is 5.56 Å². The predicted molar refractivity (Wildman–Crippen MR) is 72.7 cm³/mol. The van der Waals surface area contributed by atoms with Crippen molar-refractivity contribution in [2.45, 2.75) is 25.9 Å². The van der Waals surface area contributed by atoms with Crippen LogP contribution in [0.2, 0.25) is 10.0 Å². The van der Waals surface area contributed by atoms with Crippen LogP contribution in [0.4, 0.5) is 0 Å². The van der Waals surface area contributed by atoms with Crippen LogP contribution in [0, 0.1) is 0 Å². The zero-order valence-corrected chi connectivity index (χ0v) is 11.3. The number of guanidine groups is 1. The number of nitrogens with zero attached hydrogens (tertiary/aromatic N) is 2. The lowest BCUT2D eigenvalue weighted by molar-refractivity contribution is 0.290. The minimum absolute atomic E-state index is 0.131. The van der Waals surface area contributed by atoms with Gasteiger partial charge in [0.15, 0.2) is 5.96 Å². The highest BCUT2D eigenvalue weighted by molar-refractivity contribution is 6.34. The van der Waals surface area contributed by atoms with Crippen molar-refractivity contribution in [3.8, 4) is 0 Å². The van der Waals surface area contributed by atoms with Gasteiger partial charge in [-0.1, -0.05) is 23.2 Å². The van der Waals surface area contributed by atoms with E-state index in [2.05, 4.69) is 23.7 Å². The number of nitrogens with two attached hydrogens (primary N) is 1. The van der Waals surface area contributed by atoms with Crippen LogP contribution in [0.3, 0.4) is 0 Å². The Balaban J connectivity index is 2.34. The predicted octanol–water partition coefficient (Wildman–Crippen LogP) is 3.07. The van der Waals surface area contributed by atoms with Gasteiger partial charge in [-0.25, -0.2) is 0 Å². The largest absolute Gasteiger partial charge is 0.370 e. The molecule has 0 aromatic heterocycles. The van der Waals surface area contributed by atoms with Gasteiger partial charge in [0.25, 0.3) is 0 Å². The first-order valence-electron chi connectivity index (χ1n) is 5.53. The van der Waals surface area contributed by atoms with Crippen LogP contribution in [0.25, 0.3) is 0 Å². The molecule has 0 spiro atoms. The topological polar surface area (TPSA) is 41.6 Å². The van der Waals surface area contributed by atoms with Crippen LogP contribution in [0.5, 0.6) is 0 Å². The molecule has 0 saturated carbocycles. The lowest BCUT2D eigenvalue weighted by Gasteiger charge is -2.30. The number of halogens is 2. The molecular weight excluding hydrogens is 257 g/mol. The summed E-state index contributed by atoms with van der Waals surface area (Å²) in [6, 6.07) is 5.99. The van der Waals surface area contributed by atoms with Crippen LogP contribution in [0.15, 0.2) is 23.2 Å². The SMILES string of the molecule is CC(C)N1C(N)=NCC1c1cc(Cl)cc(Cl)c1. The molecule has 92 valence electrons. The van der Waals surface area contributed by atoms with Gasteiger partial charge in [0.1, 0.15) is 0 Å². The molecule has 1 heterocycles. The monoisotopic (exact) mass is 271 g/mol. The molecule has 2 rings (SSSR count). The number of aliphatic imine (C=N–C) groups is 1. The molecule has 2 N–H and O–H groups in total. The Labute approximate surface area is 111 Å². The molecule has 3 nitrogen and oxygen atoms in total. The molecule has 5 heteroatoms. The van der Waals surface area contributed by atoms with Crippen LogP contribution in [-0.4, -0.2) is 23.4 Å². The summed E-state index contributed by atoms with van der Waals surface area (Å²) in [5, 5.41) is 1.28. The van der Waals surface area contributed by atoms with Gasteiger partial charge >= 0.3 is 0 Å². The third-order valence-corrected chi connectivity index (χ3v) is 3.29. The van der Waals surface area contributed by atoms with Gasteiger partial charge in [-0.15, -0.1) is 0 Å². The Morgan fingerprint density at radius 3 is 2.41 bits per heavy atom. The summed E-state index contributed by atoms with van der Waals surface area (Å²) < 4.78 is 0. The fourth-order valence-corrected chi connectivity index (χ4v) is 2.71. The number of rotatable bonds is 2. The fourth-order valence-electron chi connectivity index (χ4n) is 2.17. The molecule has 0 fully saturated rings. The first kappa shape index (κ1) is 12.5. The molecule has 1 aromatic carbocycles. The minimum Gasteiger partial charge on any atom is -0.370 e. The summed E-state index contributed by atoms with van der Waals surface area (Å²) in [6.45, 7) is 4.83. The first-order valence-corrected chi connectivity index (χ1v) is 6.29. The highest BCUT2D eigenvalue weighted by Gasteiger charge is 2.29. The van der Waals surface area contributed by atoms with Crippen molar-refractivity contribution in [3.05, 3.63) is 33.8 Å². The number of benzene rings is 1. The molecule has 1 aliphatic heterocycles. The zero-order chi connectivity index (χ0) is 12.6. The quantitative estimate of drug-likeness (QED) is 0.898. The van der Waals surface area contributed by atoms with Crippen LogP contribution in [-0.2, 0) is 0 Å². The summed E-state index contributed by atoms with van der Waals surface area (Å²) in [6.07, 6.45) is 0. The van der Waals surface area contributed by atoms with Crippen molar-refractivity contribution in [1.29, 1.82) is 0 Å². The molecule has 0 bridgehead atoms. The highest BCUT2D eigenvalue weighted by Crippen LogP contribution is 2.31. The van der Waals surface area contributed by atoms with Crippen molar-refractivity contribution in [3.63, 3.8) is 0 Å². The smallest absolute Gasteiger partial charge is 0.192 e. The average Bonchev–Trinajstić information content (AvgIpc) is 2.58. The lowest BCUT2D eigenvalue weighted by atomic mass is 10.1. The fraction of sp³-hybridized carbons (Fsp3) is 0.417. The van der Waals surface area contributed by atoms with Crippen LogP contribution >= 0.6 is 23.2 Å². The van der Waals surface area contributed by atoms with E-state index in [0.29, 0.717) is 28.6 Å². The Morgan fingerprint density at radius 1 is 1.29 bits per heavy atom. The molecule has 0 amide bonds. The average molecular weight is 272 g/mol. The van der Waals surface area contributed by atoms with Crippen molar-refractivity contribution in [2.75, 3.05) is 6.54 Å². The first-order chi connectivity index (χ1) is 7.99. The Morgan fingerprint density at radius 2 is 1.88 bits per heavy atom. The highest BCUT2D eigenvalue weighted by atomic mass is 35.5.